The van der Waals surface area contributed by atoms with Crippen molar-refractivity contribution in [2.24, 2.45) is 5.92 Å². The Morgan fingerprint density at radius 1 is 1.90 bits per heavy atom. The molecule has 0 aromatic heterocycles. The zero-order chi connectivity index (χ0) is 7.78. The van der Waals surface area contributed by atoms with Crippen LogP contribution in [0.4, 0.5) is 0 Å². The highest BCUT2D eigenvalue weighted by molar-refractivity contribution is 7.66. The largest absolute Gasteiger partial charge is 0.319 e. The monoisotopic (exact) mass is 154 g/mol. The molecule has 1 rings (SSSR count). The van der Waals surface area contributed by atoms with E-state index in [4.69, 9.17) is 6.42 Å². The van der Waals surface area contributed by atoms with Gasteiger partial charge in [0, 0.05) is 11.7 Å². The second-order valence-corrected chi connectivity index (χ2v) is 5.96. The van der Waals surface area contributed by atoms with Crippen LogP contribution in [0.25, 0.3) is 0 Å². The van der Waals surface area contributed by atoms with Crippen molar-refractivity contribution in [1.29, 1.82) is 0 Å². The van der Waals surface area contributed by atoms with Crippen molar-refractivity contribution in [2.45, 2.75) is 6.92 Å². The first kappa shape index (κ1) is 7.63. The van der Waals surface area contributed by atoms with E-state index in [9.17, 15) is 4.57 Å². The quantitative estimate of drug-likeness (QED) is 0.386. The fraction of sp³-hybridized carbons (Fsp3) is 0.500. The molecule has 0 radical (unpaired) electrons. The topological polar surface area (TPSA) is 17.1 Å². The Morgan fingerprint density at radius 2 is 2.50 bits per heavy atom. The van der Waals surface area contributed by atoms with Crippen molar-refractivity contribution in [3.63, 3.8) is 0 Å². The van der Waals surface area contributed by atoms with Crippen molar-refractivity contribution < 1.29 is 4.57 Å². The van der Waals surface area contributed by atoms with Crippen LogP contribution in [0.2, 0.25) is 0 Å². The summed E-state index contributed by atoms with van der Waals surface area (Å²) in [6, 6.07) is 0. The minimum Gasteiger partial charge on any atom is -0.319 e. The summed E-state index contributed by atoms with van der Waals surface area (Å²) in [6.07, 6.45) is 5.96. The van der Waals surface area contributed by atoms with Gasteiger partial charge in [-0.2, -0.15) is 0 Å². The lowest BCUT2D eigenvalue weighted by Gasteiger charge is -2.01. The van der Waals surface area contributed by atoms with Gasteiger partial charge < -0.3 is 4.57 Å². The summed E-state index contributed by atoms with van der Waals surface area (Å²) in [5.41, 5.74) is 0.922. The third-order valence-electron chi connectivity index (χ3n) is 1.75. The van der Waals surface area contributed by atoms with Crippen molar-refractivity contribution in [3.8, 4) is 12.3 Å². The highest BCUT2D eigenvalue weighted by Crippen LogP contribution is 2.52. The molecule has 0 bridgehead atoms. The van der Waals surface area contributed by atoms with Crippen molar-refractivity contribution in [2.75, 3.05) is 12.8 Å². The SMILES string of the molecule is C#CC1=CP(C)(=O)CC1C. The molecule has 0 saturated heterocycles. The van der Waals surface area contributed by atoms with Gasteiger partial charge in [-0.05, 0) is 18.4 Å². The van der Waals surface area contributed by atoms with E-state index < -0.39 is 7.14 Å². The standard InChI is InChI=1S/C8H11OP/c1-4-8-6-10(3,9)5-7(8)2/h1,6-7H,5H2,2-3H3. The number of terminal acetylenes is 1. The molecule has 1 heterocycles. The predicted octanol–water partition coefficient (Wildman–Crippen LogP) is 2.15. The van der Waals surface area contributed by atoms with Crippen LogP contribution in [-0.2, 0) is 4.57 Å². The van der Waals surface area contributed by atoms with Crippen molar-refractivity contribution in [3.05, 3.63) is 11.4 Å². The van der Waals surface area contributed by atoms with Crippen LogP contribution in [0, 0.1) is 18.3 Å². The van der Waals surface area contributed by atoms with Gasteiger partial charge in [-0.25, -0.2) is 0 Å². The molecular weight excluding hydrogens is 143 g/mol. The molecule has 1 aliphatic rings. The number of hydrogen-bond acceptors (Lipinski definition) is 1. The lowest BCUT2D eigenvalue weighted by atomic mass is 10.1. The molecule has 0 saturated carbocycles. The minimum atomic E-state index is -1.98. The Balaban J connectivity index is 2.96. The molecule has 2 heteroatoms. The summed E-state index contributed by atoms with van der Waals surface area (Å²) in [5, 5.41) is 0. The van der Waals surface area contributed by atoms with Gasteiger partial charge in [-0.3, -0.25) is 0 Å². The fourth-order valence-electron chi connectivity index (χ4n) is 1.30. The van der Waals surface area contributed by atoms with Crippen LogP contribution < -0.4 is 0 Å². The van der Waals surface area contributed by atoms with E-state index in [0.29, 0.717) is 5.92 Å². The van der Waals surface area contributed by atoms with Gasteiger partial charge in [0.15, 0.2) is 0 Å². The first-order chi connectivity index (χ1) is 4.55. The molecule has 0 N–H and O–H groups in total. The smallest absolute Gasteiger partial charge is 0.107 e. The first-order valence-electron chi connectivity index (χ1n) is 3.31. The Labute approximate surface area is 61.9 Å². The molecule has 54 valence electrons. The molecule has 0 amide bonds. The average molecular weight is 154 g/mol. The van der Waals surface area contributed by atoms with E-state index in [0.717, 1.165) is 11.7 Å². The molecule has 1 aliphatic heterocycles. The summed E-state index contributed by atoms with van der Waals surface area (Å²) in [7, 11) is -1.98. The van der Waals surface area contributed by atoms with E-state index in [1.165, 1.54) is 0 Å². The first-order valence-corrected chi connectivity index (χ1v) is 5.71. The Kier molecular flexibility index (Phi) is 1.75. The molecule has 0 aliphatic carbocycles. The highest BCUT2D eigenvalue weighted by Gasteiger charge is 2.26. The van der Waals surface area contributed by atoms with Crippen LogP contribution >= 0.6 is 7.14 Å². The number of rotatable bonds is 0. The summed E-state index contributed by atoms with van der Waals surface area (Å²) in [5.74, 6) is 4.67. The Hall–Kier alpha value is -0.470. The van der Waals surface area contributed by atoms with Gasteiger partial charge in [0.2, 0.25) is 0 Å². The van der Waals surface area contributed by atoms with Crippen LogP contribution in [0.5, 0.6) is 0 Å². The predicted molar refractivity (Wildman–Crippen MR) is 44.5 cm³/mol. The Bertz CT molecular complexity index is 257. The maximum atomic E-state index is 11.4. The zero-order valence-electron chi connectivity index (χ0n) is 6.29. The Morgan fingerprint density at radius 3 is 2.70 bits per heavy atom. The third-order valence-corrected chi connectivity index (χ3v) is 3.84. The van der Waals surface area contributed by atoms with Crippen LogP contribution in [0.15, 0.2) is 11.4 Å². The molecule has 10 heavy (non-hydrogen) atoms. The second kappa shape index (κ2) is 2.29. The minimum absolute atomic E-state index is 0.334. The lowest BCUT2D eigenvalue weighted by Crippen LogP contribution is -1.94. The van der Waals surface area contributed by atoms with E-state index in [-0.39, 0.29) is 0 Å². The highest BCUT2D eigenvalue weighted by atomic mass is 31.2. The second-order valence-electron chi connectivity index (χ2n) is 2.99. The van der Waals surface area contributed by atoms with E-state index in [2.05, 4.69) is 5.92 Å². The number of hydrogen-bond donors (Lipinski definition) is 0. The molecule has 2 atom stereocenters. The van der Waals surface area contributed by atoms with Gasteiger partial charge in [0.25, 0.3) is 0 Å². The molecule has 1 nitrogen and oxygen atoms in total. The normalized spacial score (nSPS) is 38.9. The molecule has 0 fully saturated rings. The van der Waals surface area contributed by atoms with Gasteiger partial charge in [0.05, 0.1) is 0 Å². The van der Waals surface area contributed by atoms with Gasteiger partial charge >= 0.3 is 0 Å². The molecule has 0 spiro atoms. The van der Waals surface area contributed by atoms with E-state index >= 15 is 0 Å². The molecular formula is C8H11OP. The van der Waals surface area contributed by atoms with Crippen molar-refractivity contribution >= 4 is 7.14 Å². The molecule has 0 aromatic rings. The molecule has 2 unspecified atom stereocenters. The van der Waals surface area contributed by atoms with Gasteiger partial charge in [0.1, 0.15) is 7.14 Å². The van der Waals surface area contributed by atoms with Crippen LogP contribution in [-0.4, -0.2) is 12.8 Å². The summed E-state index contributed by atoms with van der Waals surface area (Å²) in [4.78, 5) is 0. The van der Waals surface area contributed by atoms with Gasteiger partial charge in [-0.15, -0.1) is 6.42 Å². The summed E-state index contributed by atoms with van der Waals surface area (Å²) in [6.45, 7) is 3.81. The average Bonchev–Trinajstić information content (AvgIpc) is 2.05. The van der Waals surface area contributed by atoms with E-state index in [1.54, 1.807) is 12.5 Å². The van der Waals surface area contributed by atoms with Crippen LogP contribution in [0.3, 0.4) is 0 Å². The third kappa shape index (κ3) is 1.33. The summed E-state index contributed by atoms with van der Waals surface area (Å²) < 4.78 is 11.4. The van der Waals surface area contributed by atoms with E-state index in [1.807, 2.05) is 6.92 Å². The number of allylic oxidation sites excluding steroid dienone is 1. The maximum Gasteiger partial charge on any atom is 0.107 e. The fourth-order valence-corrected chi connectivity index (χ4v) is 3.60. The molecule has 0 aromatic carbocycles. The van der Waals surface area contributed by atoms with Crippen LogP contribution in [0.1, 0.15) is 6.92 Å². The van der Waals surface area contributed by atoms with Crippen molar-refractivity contribution in [1.82, 2.24) is 0 Å². The zero-order valence-corrected chi connectivity index (χ0v) is 7.19. The lowest BCUT2D eigenvalue weighted by molar-refractivity contribution is 0.582. The summed E-state index contributed by atoms with van der Waals surface area (Å²) >= 11 is 0. The van der Waals surface area contributed by atoms with Gasteiger partial charge in [-0.1, -0.05) is 12.8 Å². The maximum absolute atomic E-state index is 11.4.